The van der Waals surface area contributed by atoms with Crippen LogP contribution < -0.4 is 10.9 Å². The van der Waals surface area contributed by atoms with E-state index in [0.717, 1.165) is 29.1 Å². The largest absolute Gasteiger partial charge is 0.354 e. The number of nitrogens with zero attached hydrogens (tertiary/aromatic N) is 4. The third-order valence-corrected chi connectivity index (χ3v) is 5.09. The molecule has 0 aliphatic rings. The second-order valence-electron chi connectivity index (χ2n) is 7.75. The van der Waals surface area contributed by atoms with E-state index in [0.29, 0.717) is 17.1 Å². The minimum Gasteiger partial charge on any atom is -0.354 e. The maximum absolute atomic E-state index is 12.1. The van der Waals surface area contributed by atoms with Crippen LogP contribution >= 0.6 is 0 Å². The molecule has 0 saturated carbocycles. The quantitative estimate of drug-likeness (QED) is 0.507. The van der Waals surface area contributed by atoms with Crippen LogP contribution in [0.1, 0.15) is 31.1 Å². The zero-order valence-electron chi connectivity index (χ0n) is 18.1. The summed E-state index contributed by atoms with van der Waals surface area (Å²) in [7, 11) is 1.92. The lowest BCUT2D eigenvalue weighted by Crippen LogP contribution is -2.20. The number of benzene rings is 1. The molecule has 31 heavy (non-hydrogen) atoms. The van der Waals surface area contributed by atoms with Crippen molar-refractivity contribution in [1.82, 2.24) is 25.0 Å². The van der Waals surface area contributed by atoms with Crippen molar-refractivity contribution in [2.24, 2.45) is 0 Å². The van der Waals surface area contributed by atoms with Crippen LogP contribution in [-0.4, -0.2) is 26.7 Å². The van der Waals surface area contributed by atoms with Gasteiger partial charge in [0.25, 0.3) is 5.56 Å². The first-order chi connectivity index (χ1) is 15.0. The van der Waals surface area contributed by atoms with Crippen LogP contribution in [0.3, 0.4) is 0 Å². The maximum Gasteiger partial charge on any atom is 0.250 e. The first-order valence-electron chi connectivity index (χ1n) is 10.2. The molecule has 7 heteroatoms. The fourth-order valence-corrected chi connectivity index (χ4v) is 3.45. The van der Waals surface area contributed by atoms with Gasteiger partial charge in [0.1, 0.15) is 11.4 Å². The lowest BCUT2D eigenvalue weighted by molar-refractivity contribution is 0.433. The van der Waals surface area contributed by atoms with Crippen molar-refractivity contribution in [2.75, 3.05) is 7.05 Å². The smallest absolute Gasteiger partial charge is 0.250 e. The molecule has 1 N–H and O–H groups in total. The van der Waals surface area contributed by atoms with Gasteiger partial charge < -0.3 is 14.4 Å². The molecule has 0 amide bonds. The van der Waals surface area contributed by atoms with Gasteiger partial charge in [0, 0.05) is 42.0 Å². The summed E-state index contributed by atoms with van der Waals surface area (Å²) in [6.45, 7) is 6.61. The number of hydrogen-bond acceptors (Lipinski definition) is 6. The molecule has 0 aliphatic heterocycles. The fraction of sp³-hybridized carbons (Fsp3) is 0.250. The van der Waals surface area contributed by atoms with E-state index in [9.17, 15) is 4.79 Å². The van der Waals surface area contributed by atoms with Crippen molar-refractivity contribution in [1.29, 1.82) is 0 Å². The van der Waals surface area contributed by atoms with Gasteiger partial charge in [-0.25, -0.2) is 4.98 Å². The number of nitrogens with one attached hydrogen (secondary N) is 1. The number of hydrogen-bond donors (Lipinski definition) is 1. The van der Waals surface area contributed by atoms with E-state index in [1.165, 1.54) is 5.56 Å². The zero-order valence-corrected chi connectivity index (χ0v) is 18.1. The zero-order chi connectivity index (χ0) is 22.0. The Labute approximate surface area is 180 Å². The van der Waals surface area contributed by atoms with Gasteiger partial charge in [0.15, 0.2) is 5.76 Å². The highest BCUT2D eigenvalue weighted by atomic mass is 16.5. The van der Waals surface area contributed by atoms with E-state index >= 15 is 0 Å². The van der Waals surface area contributed by atoms with E-state index in [-0.39, 0.29) is 11.6 Å². The van der Waals surface area contributed by atoms with Gasteiger partial charge >= 0.3 is 0 Å². The first-order valence-corrected chi connectivity index (χ1v) is 10.2. The SMILES string of the molecule is CNCc1cccc(-c2cc(-c3nc(-c4ccc(=O)n(C(C)C)c4)cnc3C)on2)c1. The number of aromatic nitrogens is 4. The molecule has 0 unspecified atom stereocenters. The Balaban J connectivity index is 1.71. The summed E-state index contributed by atoms with van der Waals surface area (Å²) in [5, 5.41) is 7.40. The molecule has 0 spiro atoms. The van der Waals surface area contributed by atoms with Gasteiger partial charge in [-0.15, -0.1) is 0 Å². The van der Waals surface area contributed by atoms with Crippen molar-refractivity contribution in [3.05, 3.63) is 76.5 Å². The van der Waals surface area contributed by atoms with Crippen LogP contribution in [0.2, 0.25) is 0 Å². The highest BCUT2D eigenvalue weighted by molar-refractivity contribution is 5.68. The highest BCUT2D eigenvalue weighted by Crippen LogP contribution is 2.28. The second-order valence-corrected chi connectivity index (χ2v) is 7.75. The molecule has 1 aromatic carbocycles. The average molecular weight is 415 g/mol. The second kappa shape index (κ2) is 8.65. The van der Waals surface area contributed by atoms with Crippen LogP contribution in [0.5, 0.6) is 0 Å². The van der Waals surface area contributed by atoms with Gasteiger partial charge in [0.05, 0.1) is 17.6 Å². The predicted octanol–water partition coefficient (Wildman–Crippen LogP) is 4.24. The van der Waals surface area contributed by atoms with Gasteiger partial charge in [-0.05, 0) is 45.5 Å². The van der Waals surface area contributed by atoms with Gasteiger partial charge in [0.2, 0.25) is 0 Å². The van der Waals surface area contributed by atoms with Crippen molar-refractivity contribution >= 4 is 0 Å². The monoisotopic (exact) mass is 415 g/mol. The minimum atomic E-state index is -0.0422. The molecule has 158 valence electrons. The average Bonchev–Trinajstić information content (AvgIpc) is 3.25. The Morgan fingerprint density at radius 1 is 1.10 bits per heavy atom. The first kappa shape index (κ1) is 20.7. The standard InChI is InChI=1S/C24H25N5O2/c1-15(2)29-14-19(8-9-23(29)30)21-13-26-16(3)24(27-21)22-11-20(28-31-22)18-7-5-6-17(10-18)12-25-4/h5-11,13-15,25H,12H2,1-4H3. The van der Waals surface area contributed by atoms with E-state index in [2.05, 4.69) is 27.6 Å². The molecule has 7 nitrogen and oxygen atoms in total. The van der Waals surface area contributed by atoms with Crippen molar-refractivity contribution in [3.63, 3.8) is 0 Å². The molecule has 0 radical (unpaired) electrons. The van der Waals surface area contributed by atoms with Gasteiger partial charge in [-0.1, -0.05) is 23.4 Å². The van der Waals surface area contributed by atoms with E-state index in [1.54, 1.807) is 22.9 Å². The summed E-state index contributed by atoms with van der Waals surface area (Å²) >= 11 is 0. The Morgan fingerprint density at radius 3 is 2.71 bits per heavy atom. The molecule has 0 atom stereocenters. The van der Waals surface area contributed by atoms with Crippen molar-refractivity contribution in [3.8, 4) is 34.0 Å². The molecule has 3 heterocycles. The molecule has 4 rings (SSSR count). The van der Waals surface area contributed by atoms with Gasteiger partial charge in [-0.2, -0.15) is 0 Å². The molecular weight excluding hydrogens is 390 g/mol. The summed E-state index contributed by atoms with van der Waals surface area (Å²) in [5.41, 5.74) is 5.71. The molecule has 0 fully saturated rings. The molecular formula is C24H25N5O2. The normalized spacial score (nSPS) is 11.3. The Kier molecular flexibility index (Phi) is 5.77. The number of pyridine rings is 1. The summed E-state index contributed by atoms with van der Waals surface area (Å²) in [5.74, 6) is 0.554. The summed E-state index contributed by atoms with van der Waals surface area (Å²) in [6, 6.07) is 13.4. The summed E-state index contributed by atoms with van der Waals surface area (Å²) < 4.78 is 7.32. The van der Waals surface area contributed by atoms with E-state index in [4.69, 9.17) is 9.51 Å². The highest BCUT2D eigenvalue weighted by Gasteiger charge is 2.15. The van der Waals surface area contributed by atoms with Crippen LogP contribution in [0, 0.1) is 6.92 Å². The lowest BCUT2D eigenvalue weighted by Gasteiger charge is -2.11. The van der Waals surface area contributed by atoms with E-state index in [1.807, 2.05) is 52.2 Å². The molecule has 0 saturated heterocycles. The van der Waals surface area contributed by atoms with Gasteiger partial charge in [-0.3, -0.25) is 9.78 Å². The summed E-state index contributed by atoms with van der Waals surface area (Å²) in [4.78, 5) is 21.4. The van der Waals surface area contributed by atoms with Crippen LogP contribution in [0.4, 0.5) is 0 Å². The molecule has 4 aromatic rings. The Hall–Kier alpha value is -3.58. The molecule has 3 aromatic heterocycles. The van der Waals surface area contributed by atoms with Crippen molar-refractivity contribution in [2.45, 2.75) is 33.4 Å². The van der Waals surface area contributed by atoms with E-state index < -0.39 is 0 Å². The lowest BCUT2D eigenvalue weighted by atomic mass is 10.1. The predicted molar refractivity (Wildman–Crippen MR) is 121 cm³/mol. The number of rotatable bonds is 6. The summed E-state index contributed by atoms with van der Waals surface area (Å²) in [6.07, 6.45) is 3.52. The Morgan fingerprint density at radius 2 is 1.94 bits per heavy atom. The van der Waals surface area contributed by atoms with Crippen LogP contribution in [0.25, 0.3) is 34.0 Å². The van der Waals surface area contributed by atoms with Crippen LogP contribution in [0.15, 0.2) is 64.2 Å². The topological polar surface area (TPSA) is 85.8 Å². The minimum absolute atomic E-state index is 0.0422. The number of aryl methyl sites for hydroxylation is 1. The van der Waals surface area contributed by atoms with Crippen LogP contribution in [-0.2, 0) is 6.54 Å². The molecule has 0 aliphatic carbocycles. The third-order valence-electron chi connectivity index (χ3n) is 5.09. The van der Waals surface area contributed by atoms with Crippen molar-refractivity contribution < 1.29 is 4.52 Å². The fourth-order valence-electron chi connectivity index (χ4n) is 3.45. The Bertz CT molecular complexity index is 1270. The third kappa shape index (κ3) is 4.32. The molecule has 0 bridgehead atoms. The maximum atomic E-state index is 12.1.